The van der Waals surface area contributed by atoms with Gasteiger partial charge in [0.2, 0.25) is 0 Å². The van der Waals surface area contributed by atoms with Crippen molar-refractivity contribution in [2.45, 2.75) is 20.4 Å². The van der Waals surface area contributed by atoms with Crippen LogP contribution < -0.4 is 10.5 Å². The van der Waals surface area contributed by atoms with Crippen LogP contribution in [0.3, 0.4) is 0 Å². The topological polar surface area (TPSA) is 53.1 Å². The van der Waals surface area contributed by atoms with Crippen molar-refractivity contribution in [3.63, 3.8) is 0 Å². The van der Waals surface area contributed by atoms with Gasteiger partial charge in [-0.3, -0.25) is 0 Å². The van der Waals surface area contributed by atoms with Crippen molar-refractivity contribution in [2.75, 3.05) is 13.7 Å². The van der Waals surface area contributed by atoms with Gasteiger partial charge in [0.05, 0.1) is 18.1 Å². The van der Waals surface area contributed by atoms with Crippen LogP contribution in [0.2, 0.25) is 0 Å². The Kier molecular flexibility index (Phi) is 3.86. The van der Waals surface area contributed by atoms with Crippen LogP contribution in [0.5, 0.6) is 5.75 Å². The number of hydrogen-bond donors (Lipinski definition) is 1. The van der Waals surface area contributed by atoms with E-state index in [9.17, 15) is 0 Å². The first-order chi connectivity index (χ1) is 10.6. The summed E-state index contributed by atoms with van der Waals surface area (Å²) in [5, 5.41) is 0. The fourth-order valence-corrected chi connectivity index (χ4v) is 2.70. The van der Waals surface area contributed by atoms with Gasteiger partial charge in [-0.1, -0.05) is 0 Å². The Bertz CT molecular complexity index is 803. The first kappa shape index (κ1) is 14.6. The third-order valence-corrected chi connectivity index (χ3v) is 4.06. The molecule has 4 heteroatoms. The van der Waals surface area contributed by atoms with Crippen molar-refractivity contribution in [3.8, 4) is 17.1 Å². The van der Waals surface area contributed by atoms with Gasteiger partial charge < -0.3 is 15.0 Å². The predicted molar refractivity (Wildman–Crippen MR) is 90.2 cm³/mol. The number of hydrogen-bond acceptors (Lipinski definition) is 3. The minimum atomic E-state index is 0.585. The third kappa shape index (κ3) is 2.46. The minimum absolute atomic E-state index is 0.585. The summed E-state index contributed by atoms with van der Waals surface area (Å²) in [6.45, 7) is 5.58. The molecular weight excluding hydrogens is 274 g/mol. The molecule has 4 nitrogen and oxygen atoms in total. The molecule has 3 aromatic rings. The van der Waals surface area contributed by atoms with Gasteiger partial charge in [0.15, 0.2) is 0 Å². The molecule has 22 heavy (non-hydrogen) atoms. The van der Waals surface area contributed by atoms with E-state index >= 15 is 0 Å². The Morgan fingerprint density at radius 3 is 2.41 bits per heavy atom. The number of aromatic nitrogens is 2. The molecule has 1 heterocycles. The Balaban J connectivity index is 2.20. The number of ether oxygens (including phenoxy) is 1. The minimum Gasteiger partial charge on any atom is -0.497 e. The molecule has 0 saturated carbocycles. The number of imidazole rings is 1. The largest absolute Gasteiger partial charge is 0.497 e. The number of benzene rings is 2. The van der Waals surface area contributed by atoms with Crippen LogP contribution >= 0.6 is 0 Å². The van der Waals surface area contributed by atoms with E-state index in [2.05, 4.69) is 30.5 Å². The molecule has 0 unspecified atom stereocenters. The highest BCUT2D eigenvalue weighted by Crippen LogP contribution is 2.28. The number of fused-ring (bicyclic) bond motifs is 1. The number of methoxy groups -OCH3 is 1. The molecule has 2 aromatic carbocycles. The molecule has 0 aliphatic heterocycles. The lowest BCUT2D eigenvalue weighted by molar-refractivity contribution is 0.415. The van der Waals surface area contributed by atoms with Gasteiger partial charge in [0.1, 0.15) is 11.6 Å². The molecule has 0 bridgehead atoms. The van der Waals surface area contributed by atoms with Crippen molar-refractivity contribution in [1.29, 1.82) is 0 Å². The van der Waals surface area contributed by atoms with E-state index in [-0.39, 0.29) is 0 Å². The number of rotatable bonds is 4. The van der Waals surface area contributed by atoms with Gasteiger partial charge in [-0.05, 0) is 61.4 Å². The summed E-state index contributed by atoms with van der Waals surface area (Å²) >= 11 is 0. The monoisotopic (exact) mass is 295 g/mol. The summed E-state index contributed by atoms with van der Waals surface area (Å²) < 4.78 is 7.42. The van der Waals surface area contributed by atoms with E-state index in [1.807, 2.05) is 24.3 Å². The van der Waals surface area contributed by atoms with Gasteiger partial charge in [-0.25, -0.2) is 4.98 Å². The smallest absolute Gasteiger partial charge is 0.141 e. The summed E-state index contributed by atoms with van der Waals surface area (Å²) in [6, 6.07) is 12.3. The van der Waals surface area contributed by atoms with E-state index in [0.717, 1.165) is 34.7 Å². The van der Waals surface area contributed by atoms with Gasteiger partial charge in [0.25, 0.3) is 0 Å². The molecule has 2 N–H and O–H groups in total. The first-order valence-corrected chi connectivity index (χ1v) is 7.46. The fraction of sp³-hybridized carbons (Fsp3) is 0.278. The maximum atomic E-state index is 5.80. The molecule has 0 aliphatic rings. The lowest BCUT2D eigenvalue weighted by Crippen LogP contribution is -2.11. The molecule has 0 radical (unpaired) electrons. The average molecular weight is 295 g/mol. The van der Waals surface area contributed by atoms with Crippen LogP contribution in [0.15, 0.2) is 36.4 Å². The summed E-state index contributed by atoms with van der Waals surface area (Å²) in [5.74, 6) is 1.80. The van der Waals surface area contributed by atoms with E-state index in [1.54, 1.807) is 7.11 Å². The normalized spacial score (nSPS) is 11.1. The highest BCUT2D eigenvalue weighted by Gasteiger charge is 2.13. The van der Waals surface area contributed by atoms with Gasteiger partial charge in [0, 0.05) is 18.7 Å². The maximum Gasteiger partial charge on any atom is 0.141 e. The van der Waals surface area contributed by atoms with Crippen LogP contribution in [-0.4, -0.2) is 23.2 Å². The van der Waals surface area contributed by atoms with Crippen LogP contribution in [-0.2, 0) is 6.54 Å². The average Bonchev–Trinajstić information content (AvgIpc) is 2.86. The standard InChI is InChI=1S/C18H21N3O/c1-12-10-16-17(11-13(12)2)21(9-8-19)18(20-16)14-4-6-15(22-3)7-5-14/h4-7,10-11H,8-9,19H2,1-3H3. The fourth-order valence-electron chi connectivity index (χ4n) is 2.70. The zero-order valence-electron chi connectivity index (χ0n) is 13.3. The molecular formula is C18H21N3O. The second-order valence-electron chi connectivity index (χ2n) is 5.53. The SMILES string of the molecule is COc1ccc(-c2nc3cc(C)c(C)cc3n2CCN)cc1. The summed E-state index contributed by atoms with van der Waals surface area (Å²) in [7, 11) is 1.67. The van der Waals surface area contributed by atoms with Crippen LogP contribution in [0.1, 0.15) is 11.1 Å². The molecule has 0 amide bonds. The molecule has 0 saturated heterocycles. The predicted octanol–water partition coefficient (Wildman–Crippen LogP) is 3.29. The Morgan fingerprint density at radius 1 is 1.09 bits per heavy atom. The molecule has 3 rings (SSSR count). The highest BCUT2D eigenvalue weighted by atomic mass is 16.5. The van der Waals surface area contributed by atoms with Crippen LogP contribution in [0.4, 0.5) is 0 Å². The van der Waals surface area contributed by atoms with Crippen molar-refractivity contribution in [2.24, 2.45) is 5.73 Å². The molecule has 0 atom stereocenters. The van der Waals surface area contributed by atoms with E-state index in [4.69, 9.17) is 15.5 Å². The lowest BCUT2D eigenvalue weighted by Gasteiger charge is -2.09. The Hall–Kier alpha value is -2.33. The quantitative estimate of drug-likeness (QED) is 0.803. The molecule has 1 aromatic heterocycles. The molecule has 0 aliphatic carbocycles. The Morgan fingerprint density at radius 2 is 1.77 bits per heavy atom. The number of nitrogens with zero attached hydrogens (tertiary/aromatic N) is 2. The van der Waals surface area contributed by atoms with Crippen molar-refractivity contribution in [1.82, 2.24) is 9.55 Å². The summed E-state index contributed by atoms with van der Waals surface area (Å²) in [6.07, 6.45) is 0. The van der Waals surface area contributed by atoms with Crippen LogP contribution in [0, 0.1) is 13.8 Å². The van der Waals surface area contributed by atoms with Gasteiger partial charge in [-0.15, -0.1) is 0 Å². The van der Waals surface area contributed by atoms with E-state index in [0.29, 0.717) is 6.54 Å². The molecule has 114 valence electrons. The lowest BCUT2D eigenvalue weighted by atomic mass is 10.1. The first-order valence-electron chi connectivity index (χ1n) is 7.46. The van der Waals surface area contributed by atoms with Crippen molar-refractivity contribution < 1.29 is 4.74 Å². The zero-order valence-corrected chi connectivity index (χ0v) is 13.3. The zero-order chi connectivity index (χ0) is 15.7. The second kappa shape index (κ2) is 5.81. The van der Waals surface area contributed by atoms with E-state index < -0.39 is 0 Å². The van der Waals surface area contributed by atoms with Gasteiger partial charge >= 0.3 is 0 Å². The second-order valence-corrected chi connectivity index (χ2v) is 5.53. The van der Waals surface area contributed by atoms with Crippen molar-refractivity contribution in [3.05, 3.63) is 47.5 Å². The van der Waals surface area contributed by atoms with Crippen molar-refractivity contribution >= 4 is 11.0 Å². The number of aryl methyl sites for hydroxylation is 2. The molecule has 0 spiro atoms. The van der Waals surface area contributed by atoms with Gasteiger partial charge in [-0.2, -0.15) is 0 Å². The highest BCUT2D eigenvalue weighted by molar-refractivity contribution is 5.82. The van der Waals surface area contributed by atoms with Crippen LogP contribution in [0.25, 0.3) is 22.4 Å². The maximum absolute atomic E-state index is 5.80. The summed E-state index contributed by atoms with van der Waals surface area (Å²) in [5.41, 5.74) is 11.6. The summed E-state index contributed by atoms with van der Waals surface area (Å²) in [4.78, 5) is 4.83. The van der Waals surface area contributed by atoms with E-state index in [1.165, 1.54) is 11.1 Å². The molecule has 0 fully saturated rings. The Labute approximate surface area is 130 Å². The third-order valence-electron chi connectivity index (χ3n) is 4.06. The number of nitrogens with two attached hydrogens (primary N) is 1.